The van der Waals surface area contributed by atoms with E-state index in [1.807, 2.05) is 0 Å². The summed E-state index contributed by atoms with van der Waals surface area (Å²) in [5.74, 6) is -1.39. The fourth-order valence-electron chi connectivity index (χ4n) is 1.73. The fraction of sp³-hybridized carbons (Fsp3) is 0.0667. The van der Waals surface area contributed by atoms with E-state index in [0.29, 0.717) is 10.0 Å². The zero-order valence-corrected chi connectivity index (χ0v) is 15.3. The van der Waals surface area contributed by atoms with Gasteiger partial charge in [0.05, 0.1) is 11.8 Å². The van der Waals surface area contributed by atoms with Crippen molar-refractivity contribution < 1.29 is 27.8 Å². The molecule has 0 aromatic heterocycles. The van der Waals surface area contributed by atoms with Gasteiger partial charge < -0.3 is 9.84 Å². The number of rotatable bonds is 4. The van der Waals surface area contributed by atoms with E-state index >= 15 is 0 Å². The molecule has 132 valence electrons. The maximum absolute atomic E-state index is 12.2. The molecule has 0 aliphatic heterocycles. The lowest BCUT2D eigenvalue weighted by atomic mass is 10.2. The number of phenols is 1. The summed E-state index contributed by atoms with van der Waals surface area (Å²) in [4.78, 5) is 12.0. The van der Waals surface area contributed by atoms with E-state index in [4.69, 9.17) is 0 Å². The van der Waals surface area contributed by atoms with Gasteiger partial charge in [-0.05, 0) is 52.3 Å². The standard InChI is InChI=1S/C15H9Br2F3N2O3/c16-9-1-3-11(12(17)6-9)14(24)22-21-7-8-5-10(2-4-13(8)23)25-15(18,19)20/h1-7,23H,(H,22,24)/b21-7-. The molecule has 0 aliphatic carbocycles. The molecule has 0 saturated heterocycles. The van der Waals surface area contributed by atoms with Crippen molar-refractivity contribution in [2.45, 2.75) is 6.36 Å². The third-order valence-electron chi connectivity index (χ3n) is 2.78. The molecule has 0 unspecified atom stereocenters. The third-order valence-corrected chi connectivity index (χ3v) is 3.93. The highest BCUT2D eigenvalue weighted by atomic mass is 79.9. The highest BCUT2D eigenvalue weighted by Gasteiger charge is 2.31. The van der Waals surface area contributed by atoms with E-state index < -0.39 is 18.0 Å². The lowest BCUT2D eigenvalue weighted by molar-refractivity contribution is -0.274. The van der Waals surface area contributed by atoms with Crippen LogP contribution in [-0.4, -0.2) is 23.6 Å². The number of hydrazone groups is 1. The van der Waals surface area contributed by atoms with Gasteiger partial charge in [-0.3, -0.25) is 4.79 Å². The Morgan fingerprint density at radius 3 is 2.56 bits per heavy atom. The van der Waals surface area contributed by atoms with Gasteiger partial charge in [0.15, 0.2) is 0 Å². The summed E-state index contributed by atoms with van der Waals surface area (Å²) < 4.78 is 41.7. The van der Waals surface area contributed by atoms with E-state index in [-0.39, 0.29) is 11.3 Å². The maximum Gasteiger partial charge on any atom is 0.573 e. The summed E-state index contributed by atoms with van der Waals surface area (Å²) in [6.07, 6.45) is -3.85. The maximum atomic E-state index is 12.2. The number of aromatic hydroxyl groups is 1. The van der Waals surface area contributed by atoms with E-state index in [1.165, 1.54) is 0 Å². The Kier molecular flexibility index (Phi) is 6.07. The van der Waals surface area contributed by atoms with E-state index in [0.717, 1.165) is 28.9 Å². The Morgan fingerprint density at radius 2 is 1.92 bits per heavy atom. The molecule has 2 rings (SSSR count). The molecule has 0 atom stereocenters. The Hall–Kier alpha value is -2.07. The van der Waals surface area contributed by atoms with Crippen LogP contribution in [-0.2, 0) is 0 Å². The minimum atomic E-state index is -4.85. The average Bonchev–Trinajstić information content (AvgIpc) is 2.48. The van der Waals surface area contributed by atoms with Crippen LogP contribution in [0, 0.1) is 0 Å². The van der Waals surface area contributed by atoms with Crippen LogP contribution in [0.2, 0.25) is 0 Å². The number of nitrogens with zero attached hydrogens (tertiary/aromatic N) is 1. The first-order valence-corrected chi connectivity index (χ1v) is 8.11. The van der Waals surface area contributed by atoms with E-state index in [9.17, 15) is 23.1 Å². The summed E-state index contributed by atoms with van der Waals surface area (Å²) in [5.41, 5.74) is 2.46. The lowest BCUT2D eigenvalue weighted by Gasteiger charge is -2.09. The molecule has 0 heterocycles. The van der Waals surface area contributed by atoms with Crippen molar-refractivity contribution in [1.82, 2.24) is 5.43 Å². The number of nitrogens with one attached hydrogen (secondary N) is 1. The molecule has 5 nitrogen and oxygen atoms in total. The summed E-state index contributed by atoms with van der Waals surface area (Å²) in [6.45, 7) is 0. The van der Waals surface area contributed by atoms with Crippen molar-refractivity contribution in [3.63, 3.8) is 0 Å². The molecule has 2 N–H and O–H groups in total. The highest BCUT2D eigenvalue weighted by Crippen LogP contribution is 2.27. The molecule has 0 bridgehead atoms. The second-order valence-corrected chi connectivity index (χ2v) is 6.36. The van der Waals surface area contributed by atoms with Gasteiger partial charge in [0.1, 0.15) is 11.5 Å². The molecule has 10 heteroatoms. The van der Waals surface area contributed by atoms with Crippen molar-refractivity contribution in [1.29, 1.82) is 0 Å². The Balaban J connectivity index is 2.11. The Labute approximate surface area is 156 Å². The number of carbonyl (C=O) groups excluding carboxylic acids is 1. The quantitative estimate of drug-likeness (QED) is 0.496. The molecule has 0 spiro atoms. The van der Waals surface area contributed by atoms with Gasteiger partial charge in [0, 0.05) is 14.5 Å². The number of halogens is 5. The first-order valence-electron chi connectivity index (χ1n) is 6.53. The normalized spacial score (nSPS) is 11.6. The predicted molar refractivity (Wildman–Crippen MR) is 91.7 cm³/mol. The van der Waals surface area contributed by atoms with Crippen molar-refractivity contribution >= 4 is 44.0 Å². The predicted octanol–water partition coefficient (Wildman–Crippen LogP) is 4.58. The third kappa shape index (κ3) is 5.75. The van der Waals surface area contributed by atoms with Crippen molar-refractivity contribution in [2.24, 2.45) is 5.10 Å². The van der Waals surface area contributed by atoms with Crippen LogP contribution in [0.4, 0.5) is 13.2 Å². The zero-order valence-electron chi connectivity index (χ0n) is 12.1. The zero-order chi connectivity index (χ0) is 18.6. The molecule has 1 amide bonds. The van der Waals surface area contributed by atoms with Crippen LogP contribution in [0.1, 0.15) is 15.9 Å². The van der Waals surface area contributed by atoms with Crippen LogP contribution in [0.25, 0.3) is 0 Å². The smallest absolute Gasteiger partial charge is 0.507 e. The molecular formula is C15H9Br2F3N2O3. The van der Waals surface area contributed by atoms with E-state index in [1.54, 1.807) is 18.2 Å². The molecule has 2 aromatic rings. The number of hydrogen-bond donors (Lipinski definition) is 2. The Bertz CT molecular complexity index is 826. The second kappa shape index (κ2) is 7.87. The minimum absolute atomic E-state index is 0.0584. The number of carbonyl (C=O) groups is 1. The topological polar surface area (TPSA) is 70.9 Å². The number of alkyl halides is 3. The first-order chi connectivity index (χ1) is 11.7. The average molecular weight is 482 g/mol. The summed E-state index contributed by atoms with van der Waals surface area (Å²) in [7, 11) is 0. The van der Waals surface area contributed by atoms with Gasteiger partial charge >= 0.3 is 6.36 Å². The molecule has 0 radical (unpaired) electrons. The van der Waals surface area contributed by atoms with Gasteiger partial charge in [-0.15, -0.1) is 13.2 Å². The van der Waals surface area contributed by atoms with Gasteiger partial charge in [-0.1, -0.05) is 15.9 Å². The van der Waals surface area contributed by atoms with Gasteiger partial charge in [-0.25, -0.2) is 5.43 Å². The second-order valence-electron chi connectivity index (χ2n) is 4.59. The molecule has 2 aromatic carbocycles. The number of ether oxygens (including phenoxy) is 1. The summed E-state index contributed by atoms with van der Waals surface area (Å²) in [5, 5.41) is 13.3. The highest BCUT2D eigenvalue weighted by molar-refractivity contribution is 9.11. The van der Waals surface area contributed by atoms with Crippen molar-refractivity contribution in [2.75, 3.05) is 0 Å². The SMILES string of the molecule is O=C(N/N=C\c1cc(OC(F)(F)F)ccc1O)c1ccc(Br)cc1Br. The monoisotopic (exact) mass is 480 g/mol. The molecule has 0 fully saturated rings. The first kappa shape index (κ1) is 19.3. The molecular weight excluding hydrogens is 473 g/mol. The summed E-state index contributed by atoms with van der Waals surface area (Å²) in [6, 6.07) is 7.80. The molecule has 0 saturated carbocycles. The molecule has 0 aliphatic rings. The van der Waals surface area contributed by atoms with Crippen LogP contribution in [0.3, 0.4) is 0 Å². The van der Waals surface area contributed by atoms with Gasteiger partial charge in [0.2, 0.25) is 0 Å². The minimum Gasteiger partial charge on any atom is -0.507 e. The number of phenolic OH excluding ortho intramolecular Hbond substituents is 1. The number of benzene rings is 2. The van der Waals surface area contributed by atoms with Crippen molar-refractivity contribution in [3.8, 4) is 11.5 Å². The van der Waals surface area contributed by atoms with Crippen molar-refractivity contribution in [3.05, 3.63) is 56.5 Å². The van der Waals surface area contributed by atoms with Crippen LogP contribution in [0.5, 0.6) is 11.5 Å². The summed E-state index contributed by atoms with van der Waals surface area (Å²) >= 11 is 6.48. The van der Waals surface area contributed by atoms with Crippen LogP contribution < -0.4 is 10.2 Å². The lowest BCUT2D eigenvalue weighted by Crippen LogP contribution is -2.18. The molecule has 25 heavy (non-hydrogen) atoms. The Morgan fingerprint density at radius 1 is 1.20 bits per heavy atom. The number of amides is 1. The van der Waals surface area contributed by atoms with Crippen LogP contribution in [0.15, 0.2) is 50.4 Å². The fourth-order valence-corrected chi connectivity index (χ4v) is 2.95. The van der Waals surface area contributed by atoms with E-state index in [2.05, 4.69) is 47.1 Å². The van der Waals surface area contributed by atoms with Crippen LogP contribution >= 0.6 is 31.9 Å². The van der Waals surface area contributed by atoms with Gasteiger partial charge in [-0.2, -0.15) is 5.10 Å². The number of hydrogen-bond acceptors (Lipinski definition) is 4. The van der Waals surface area contributed by atoms with Gasteiger partial charge in [0.25, 0.3) is 5.91 Å². The largest absolute Gasteiger partial charge is 0.573 e.